The van der Waals surface area contributed by atoms with Gasteiger partial charge in [-0.05, 0) is 44.7 Å². The second-order valence-electron chi connectivity index (χ2n) is 4.78. The van der Waals surface area contributed by atoms with Gasteiger partial charge >= 0.3 is 0 Å². The van der Waals surface area contributed by atoms with Gasteiger partial charge < -0.3 is 10.2 Å². The predicted octanol–water partition coefficient (Wildman–Crippen LogP) is 2.38. The Hall–Kier alpha value is -1.70. The number of hydrogen-bond donors (Lipinski definition) is 1. The van der Waals surface area contributed by atoms with E-state index < -0.39 is 11.7 Å². The SMILES string of the molecule is CCN(CC(=O)NC(C)C)C(=O)c1cccnc1SC(F)F. The molecule has 22 heavy (non-hydrogen) atoms. The molecule has 1 aromatic heterocycles. The maximum absolute atomic E-state index is 12.5. The fraction of sp³-hybridized carbons (Fsp3) is 0.500. The zero-order valence-electron chi connectivity index (χ0n) is 12.7. The van der Waals surface area contributed by atoms with Crippen molar-refractivity contribution in [3.8, 4) is 0 Å². The lowest BCUT2D eigenvalue weighted by atomic mass is 10.2. The molecule has 0 radical (unpaired) electrons. The van der Waals surface area contributed by atoms with Crippen molar-refractivity contribution in [2.24, 2.45) is 0 Å². The quantitative estimate of drug-likeness (QED) is 0.779. The molecular weight excluding hydrogens is 312 g/mol. The lowest BCUT2D eigenvalue weighted by molar-refractivity contribution is -0.122. The Labute approximate surface area is 132 Å². The number of amides is 2. The Balaban J connectivity index is 2.90. The molecule has 0 fully saturated rings. The number of pyridine rings is 1. The maximum atomic E-state index is 12.5. The van der Waals surface area contributed by atoms with Crippen molar-refractivity contribution >= 4 is 23.6 Å². The summed E-state index contributed by atoms with van der Waals surface area (Å²) in [5.74, 6) is -3.45. The van der Waals surface area contributed by atoms with Crippen molar-refractivity contribution in [2.75, 3.05) is 13.1 Å². The van der Waals surface area contributed by atoms with Crippen molar-refractivity contribution in [2.45, 2.75) is 37.6 Å². The zero-order valence-corrected chi connectivity index (χ0v) is 13.5. The van der Waals surface area contributed by atoms with E-state index in [2.05, 4.69) is 10.3 Å². The van der Waals surface area contributed by atoms with E-state index >= 15 is 0 Å². The van der Waals surface area contributed by atoms with Crippen LogP contribution in [0.1, 0.15) is 31.1 Å². The summed E-state index contributed by atoms with van der Waals surface area (Å²) in [7, 11) is 0. The molecule has 0 aromatic carbocycles. The Morgan fingerprint density at radius 2 is 2.09 bits per heavy atom. The van der Waals surface area contributed by atoms with Crippen LogP contribution in [0, 0.1) is 0 Å². The van der Waals surface area contributed by atoms with Crippen molar-refractivity contribution < 1.29 is 18.4 Å². The van der Waals surface area contributed by atoms with Crippen LogP contribution >= 0.6 is 11.8 Å². The highest BCUT2D eigenvalue weighted by molar-refractivity contribution is 7.99. The summed E-state index contributed by atoms with van der Waals surface area (Å²) in [5.41, 5.74) is 0.0759. The van der Waals surface area contributed by atoms with Crippen molar-refractivity contribution in [3.63, 3.8) is 0 Å². The molecule has 5 nitrogen and oxygen atoms in total. The number of nitrogens with one attached hydrogen (secondary N) is 1. The molecule has 0 spiro atoms. The lowest BCUT2D eigenvalue weighted by Crippen LogP contribution is -2.42. The van der Waals surface area contributed by atoms with Crippen LogP contribution in [0.2, 0.25) is 0 Å². The molecule has 8 heteroatoms. The zero-order chi connectivity index (χ0) is 16.7. The van der Waals surface area contributed by atoms with Gasteiger partial charge in [-0.2, -0.15) is 8.78 Å². The van der Waals surface area contributed by atoms with Gasteiger partial charge in [0.15, 0.2) is 0 Å². The Morgan fingerprint density at radius 1 is 1.41 bits per heavy atom. The number of alkyl halides is 2. The molecule has 0 atom stereocenters. The summed E-state index contributed by atoms with van der Waals surface area (Å²) in [6.07, 6.45) is 1.35. The summed E-state index contributed by atoms with van der Waals surface area (Å²) in [4.78, 5) is 29.3. The van der Waals surface area contributed by atoms with Gasteiger partial charge in [-0.3, -0.25) is 9.59 Å². The molecule has 1 aromatic rings. The average molecular weight is 331 g/mol. The first-order valence-corrected chi connectivity index (χ1v) is 7.71. The minimum atomic E-state index is -2.67. The van der Waals surface area contributed by atoms with Crippen LogP contribution in [0.25, 0.3) is 0 Å². The fourth-order valence-corrected chi connectivity index (χ4v) is 2.34. The Kier molecular flexibility index (Phi) is 7.23. The molecule has 2 amide bonds. The van der Waals surface area contributed by atoms with Gasteiger partial charge in [0.25, 0.3) is 11.7 Å². The first-order chi connectivity index (χ1) is 10.3. The molecule has 0 saturated heterocycles. The van der Waals surface area contributed by atoms with Gasteiger partial charge in [0.05, 0.1) is 12.1 Å². The van der Waals surface area contributed by atoms with Gasteiger partial charge in [0, 0.05) is 18.8 Å². The van der Waals surface area contributed by atoms with E-state index in [1.165, 1.54) is 23.2 Å². The number of halogens is 2. The molecule has 122 valence electrons. The van der Waals surface area contributed by atoms with E-state index in [9.17, 15) is 18.4 Å². The van der Waals surface area contributed by atoms with Gasteiger partial charge in [0.1, 0.15) is 5.03 Å². The van der Waals surface area contributed by atoms with E-state index in [4.69, 9.17) is 0 Å². The highest BCUT2D eigenvalue weighted by atomic mass is 32.2. The first kappa shape index (κ1) is 18.3. The van der Waals surface area contributed by atoms with E-state index in [0.717, 1.165) is 0 Å². The summed E-state index contributed by atoms with van der Waals surface area (Å²) < 4.78 is 25.1. The topological polar surface area (TPSA) is 62.3 Å². The van der Waals surface area contributed by atoms with Gasteiger partial charge in [-0.1, -0.05) is 0 Å². The molecule has 0 aliphatic heterocycles. The number of hydrogen-bond acceptors (Lipinski definition) is 4. The monoisotopic (exact) mass is 331 g/mol. The normalized spacial score (nSPS) is 10.9. The summed E-state index contributed by atoms with van der Waals surface area (Å²) in [5, 5.41) is 2.65. The van der Waals surface area contributed by atoms with Crippen LogP contribution in [0.15, 0.2) is 23.4 Å². The van der Waals surface area contributed by atoms with Crippen molar-refractivity contribution in [3.05, 3.63) is 23.9 Å². The molecule has 0 aliphatic carbocycles. The van der Waals surface area contributed by atoms with Crippen LogP contribution in [0.3, 0.4) is 0 Å². The van der Waals surface area contributed by atoms with Crippen molar-refractivity contribution in [1.82, 2.24) is 15.2 Å². The second kappa shape index (κ2) is 8.67. The van der Waals surface area contributed by atoms with Gasteiger partial charge in [-0.15, -0.1) is 0 Å². The fourth-order valence-electron chi connectivity index (χ4n) is 1.77. The van der Waals surface area contributed by atoms with Crippen molar-refractivity contribution in [1.29, 1.82) is 0 Å². The lowest BCUT2D eigenvalue weighted by Gasteiger charge is -2.22. The molecule has 0 aliphatic rings. The summed E-state index contributed by atoms with van der Waals surface area (Å²) in [6, 6.07) is 2.90. The third-order valence-corrected chi connectivity index (χ3v) is 3.38. The minimum Gasteiger partial charge on any atom is -0.352 e. The Bertz CT molecular complexity index is 527. The van der Waals surface area contributed by atoms with Crippen LogP contribution < -0.4 is 5.32 Å². The number of carbonyl (C=O) groups is 2. The highest BCUT2D eigenvalue weighted by Gasteiger charge is 2.22. The van der Waals surface area contributed by atoms with Crippen LogP contribution in [-0.4, -0.2) is 46.6 Å². The average Bonchev–Trinajstić information content (AvgIpc) is 2.43. The third kappa shape index (κ3) is 5.59. The number of carbonyl (C=O) groups excluding carboxylic acids is 2. The van der Waals surface area contributed by atoms with Gasteiger partial charge in [0.2, 0.25) is 5.91 Å². The van der Waals surface area contributed by atoms with E-state index in [0.29, 0.717) is 0 Å². The summed E-state index contributed by atoms with van der Waals surface area (Å²) >= 11 is 0.218. The number of aromatic nitrogens is 1. The first-order valence-electron chi connectivity index (χ1n) is 6.83. The molecular formula is C14H19F2N3O2S. The molecule has 1 heterocycles. The van der Waals surface area contributed by atoms with Crippen LogP contribution in [-0.2, 0) is 4.79 Å². The number of rotatable bonds is 7. The number of thioether (sulfide) groups is 1. The molecule has 1 rings (SSSR count). The smallest absolute Gasteiger partial charge is 0.290 e. The molecule has 1 N–H and O–H groups in total. The molecule has 0 bridgehead atoms. The van der Waals surface area contributed by atoms with Crippen LogP contribution in [0.4, 0.5) is 8.78 Å². The molecule has 0 unspecified atom stereocenters. The number of likely N-dealkylation sites (N-methyl/N-ethyl adjacent to an activating group) is 1. The largest absolute Gasteiger partial charge is 0.352 e. The van der Waals surface area contributed by atoms with Gasteiger partial charge in [-0.25, -0.2) is 4.98 Å². The second-order valence-corrected chi connectivity index (χ2v) is 5.75. The third-order valence-electron chi connectivity index (χ3n) is 2.66. The van der Waals surface area contributed by atoms with E-state index in [1.807, 2.05) is 13.8 Å². The minimum absolute atomic E-state index is 0.0368. The standard InChI is InChI=1S/C14H19F2N3O2S/c1-4-19(8-11(20)18-9(2)3)13(21)10-6-5-7-17-12(10)22-14(15)16/h5-7,9,14H,4,8H2,1-3H3,(H,18,20). The summed E-state index contributed by atoms with van der Waals surface area (Å²) in [6.45, 7) is 5.51. The predicted molar refractivity (Wildman–Crippen MR) is 81.0 cm³/mol. The van der Waals surface area contributed by atoms with E-state index in [-0.39, 0.29) is 47.4 Å². The van der Waals surface area contributed by atoms with Crippen LogP contribution in [0.5, 0.6) is 0 Å². The maximum Gasteiger partial charge on any atom is 0.290 e. The Morgan fingerprint density at radius 3 is 2.64 bits per heavy atom. The van der Waals surface area contributed by atoms with E-state index in [1.54, 1.807) is 6.92 Å². The highest BCUT2D eigenvalue weighted by Crippen LogP contribution is 2.27. The number of nitrogens with zero attached hydrogens (tertiary/aromatic N) is 2. The molecule has 0 saturated carbocycles.